The van der Waals surface area contributed by atoms with Crippen LogP contribution in [0.25, 0.3) is 0 Å². The Kier molecular flexibility index (Phi) is 6.51. The summed E-state index contributed by atoms with van der Waals surface area (Å²) in [6, 6.07) is 17.0. The topological polar surface area (TPSA) is 29.0 Å². The molecule has 1 fully saturated rings. The highest BCUT2D eigenvalue weighted by Crippen LogP contribution is 2.41. The largest absolute Gasteiger partial charge is 0.420 e. The number of benzene rings is 2. The zero-order chi connectivity index (χ0) is 21.8. The van der Waals surface area contributed by atoms with Crippen LogP contribution in [0, 0.1) is 0 Å². The van der Waals surface area contributed by atoms with Crippen LogP contribution < -0.4 is 4.90 Å². The summed E-state index contributed by atoms with van der Waals surface area (Å²) < 4.78 is 40.8. The second-order valence-corrected chi connectivity index (χ2v) is 8.82. The van der Waals surface area contributed by atoms with E-state index >= 15 is 0 Å². The van der Waals surface area contributed by atoms with Crippen LogP contribution in [0.15, 0.2) is 70.7 Å². The Balaban J connectivity index is 1.71. The maximum Gasteiger partial charge on any atom is 0.420 e. The summed E-state index contributed by atoms with van der Waals surface area (Å²) in [6.45, 7) is 0. The summed E-state index contributed by atoms with van der Waals surface area (Å²) >= 11 is 1.00. The van der Waals surface area contributed by atoms with E-state index in [0.29, 0.717) is 10.8 Å². The van der Waals surface area contributed by atoms with Gasteiger partial charge in [-0.05, 0) is 42.5 Å². The van der Waals surface area contributed by atoms with Crippen molar-refractivity contribution in [1.82, 2.24) is 9.97 Å². The van der Waals surface area contributed by atoms with E-state index in [9.17, 15) is 13.2 Å². The molecule has 0 radical (unpaired) electrons. The Morgan fingerprint density at radius 2 is 1.61 bits per heavy atom. The van der Waals surface area contributed by atoms with Gasteiger partial charge in [0.15, 0.2) is 0 Å². The molecule has 1 heterocycles. The van der Waals surface area contributed by atoms with Gasteiger partial charge < -0.3 is 4.90 Å². The maximum atomic E-state index is 13.6. The smallest absolute Gasteiger partial charge is 0.313 e. The van der Waals surface area contributed by atoms with E-state index in [1.54, 1.807) is 29.2 Å². The molecule has 1 saturated carbocycles. The predicted molar refractivity (Wildman–Crippen MR) is 118 cm³/mol. The lowest BCUT2D eigenvalue weighted by Crippen LogP contribution is -2.19. The van der Waals surface area contributed by atoms with Gasteiger partial charge in [-0.1, -0.05) is 67.4 Å². The average molecular weight is 444 g/mol. The number of aromatic nitrogens is 2. The van der Waals surface area contributed by atoms with Gasteiger partial charge in [-0.25, -0.2) is 9.97 Å². The third-order valence-electron chi connectivity index (χ3n) is 5.65. The van der Waals surface area contributed by atoms with Gasteiger partial charge in [0.05, 0.1) is 0 Å². The molecule has 0 N–H and O–H groups in total. The van der Waals surface area contributed by atoms with Crippen LogP contribution in [-0.2, 0) is 6.18 Å². The first-order valence-corrected chi connectivity index (χ1v) is 11.2. The number of alkyl halides is 3. The first-order chi connectivity index (χ1) is 14.9. The number of hydrogen-bond donors (Lipinski definition) is 0. The molecule has 1 aromatic heterocycles. The zero-order valence-corrected chi connectivity index (χ0v) is 18.1. The molecule has 3 nitrogen and oxygen atoms in total. The molecular weight excluding hydrogens is 419 g/mol. The number of anilines is 2. The lowest BCUT2D eigenvalue weighted by Gasteiger charge is -2.28. The third-order valence-corrected chi connectivity index (χ3v) is 6.66. The molecule has 3 aromatic rings. The third kappa shape index (κ3) is 5.03. The molecule has 7 heteroatoms. The maximum absolute atomic E-state index is 13.6. The highest BCUT2D eigenvalue weighted by molar-refractivity contribution is 7.99. The number of halogens is 3. The Morgan fingerprint density at radius 3 is 2.32 bits per heavy atom. The molecule has 162 valence electrons. The second-order valence-electron chi connectivity index (χ2n) is 7.75. The van der Waals surface area contributed by atoms with Gasteiger partial charge in [-0.2, -0.15) is 13.2 Å². The number of hydrogen-bond acceptors (Lipinski definition) is 4. The van der Waals surface area contributed by atoms with Crippen molar-refractivity contribution in [3.8, 4) is 0 Å². The van der Waals surface area contributed by atoms with E-state index in [1.165, 1.54) is 24.8 Å². The van der Waals surface area contributed by atoms with E-state index in [4.69, 9.17) is 0 Å². The highest BCUT2D eigenvalue weighted by atomic mass is 32.2. The van der Waals surface area contributed by atoms with Crippen LogP contribution in [0.1, 0.15) is 49.1 Å². The number of rotatable bonds is 5. The quantitative estimate of drug-likeness (QED) is 0.383. The van der Waals surface area contributed by atoms with Crippen molar-refractivity contribution in [2.45, 2.75) is 54.1 Å². The fourth-order valence-corrected chi connectivity index (χ4v) is 4.97. The van der Waals surface area contributed by atoms with Gasteiger partial charge in [0, 0.05) is 23.8 Å². The van der Waals surface area contributed by atoms with Crippen molar-refractivity contribution in [3.63, 3.8) is 0 Å². The van der Waals surface area contributed by atoms with E-state index in [-0.39, 0.29) is 11.0 Å². The first kappa shape index (κ1) is 21.7. The monoisotopic (exact) mass is 443 g/mol. The molecule has 1 aliphatic rings. The Bertz CT molecular complexity index is 1020. The van der Waals surface area contributed by atoms with Crippen molar-refractivity contribution in [3.05, 3.63) is 71.9 Å². The van der Waals surface area contributed by atoms with Crippen LogP contribution in [-0.4, -0.2) is 17.0 Å². The summed E-state index contributed by atoms with van der Waals surface area (Å²) in [4.78, 5) is 10.9. The summed E-state index contributed by atoms with van der Waals surface area (Å²) in [5.74, 6) is 0.717. The first-order valence-electron chi connectivity index (χ1n) is 10.4. The van der Waals surface area contributed by atoms with Crippen molar-refractivity contribution in [1.29, 1.82) is 0 Å². The SMILES string of the molecule is CN(c1ncc(C(F)(F)F)c(Sc2ccccc2)n1)c1ccccc1C1CCCCC1. The molecule has 0 amide bonds. The Hall–Kier alpha value is -2.54. The van der Waals surface area contributed by atoms with E-state index in [0.717, 1.165) is 36.5 Å². The summed E-state index contributed by atoms with van der Waals surface area (Å²) in [7, 11) is 1.82. The van der Waals surface area contributed by atoms with Crippen molar-refractivity contribution in [2.75, 3.05) is 11.9 Å². The van der Waals surface area contributed by atoms with E-state index in [2.05, 4.69) is 16.0 Å². The van der Waals surface area contributed by atoms with Crippen molar-refractivity contribution < 1.29 is 13.2 Å². The van der Waals surface area contributed by atoms with Crippen LogP contribution in [0.2, 0.25) is 0 Å². The van der Waals surface area contributed by atoms with Gasteiger partial charge in [0.2, 0.25) is 5.95 Å². The van der Waals surface area contributed by atoms with Crippen molar-refractivity contribution >= 4 is 23.4 Å². The molecule has 0 aliphatic heterocycles. The number of nitrogens with zero attached hydrogens (tertiary/aromatic N) is 3. The molecule has 0 saturated heterocycles. The lowest BCUT2D eigenvalue weighted by molar-refractivity contribution is -0.140. The van der Waals surface area contributed by atoms with E-state index < -0.39 is 11.7 Å². The second kappa shape index (κ2) is 9.30. The standard InChI is InChI=1S/C24H24F3N3S/c1-30(21-15-9-8-14-19(21)17-10-4-2-5-11-17)23-28-16-20(24(25,26)27)22(29-23)31-18-12-6-3-7-13-18/h3,6-9,12-17H,2,4-5,10-11H2,1H3. The highest BCUT2D eigenvalue weighted by Gasteiger charge is 2.36. The molecule has 0 atom stereocenters. The summed E-state index contributed by atoms with van der Waals surface area (Å²) in [6.07, 6.45) is 2.31. The Morgan fingerprint density at radius 1 is 0.935 bits per heavy atom. The molecule has 0 unspecified atom stereocenters. The van der Waals surface area contributed by atoms with Gasteiger partial charge in [-0.15, -0.1) is 0 Å². The van der Waals surface area contributed by atoms with Crippen LogP contribution in [0.5, 0.6) is 0 Å². The minimum atomic E-state index is -4.52. The normalized spacial score (nSPS) is 15.1. The summed E-state index contributed by atoms with van der Waals surface area (Å²) in [5.41, 5.74) is 1.34. The zero-order valence-electron chi connectivity index (χ0n) is 17.3. The van der Waals surface area contributed by atoms with Crippen LogP contribution >= 0.6 is 11.8 Å². The van der Waals surface area contributed by atoms with Gasteiger partial charge in [0.25, 0.3) is 0 Å². The molecular formula is C24H24F3N3S. The fraction of sp³-hybridized carbons (Fsp3) is 0.333. The summed E-state index contributed by atoms with van der Waals surface area (Å²) in [5, 5.41) is -0.0919. The van der Waals surface area contributed by atoms with Crippen molar-refractivity contribution in [2.24, 2.45) is 0 Å². The van der Waals surface area contributed by atoms with Crippen LogP contribution in [0.4, 0.5) is 24.8 Å². The van der Waals surface area contributed by atoms with Gasteiger partial charge in [-0.3, -0.25) is 0 Å². The van der Waals surface area contributed by atoms with E-state index in [1.807, 2.05) is 31.3 Å². The predicted octanol–water partition coefficient (Wildman–Crippen LogP) is 7.46. The fourth-order valence-electron chi connectivity index (χ4n) is 4.05. The molecule has 4 rings (SSSR count). The molecule has 0 bridgehead atoms. The molecule has 2 aromatic carbocycles. The minimum absolute atomic E-state index is 0.0919. The minimum Gasteiger partial charge on any atom is -0.313 e. The van der Waals surface area contributed by atoms with Crippen LogP contribution in [0.3, 0.4) is 0 Å². The molecule has 1 aliphatic carbocycles. The van der Waals surface area contributed by atoms with Gasteiger partial charge >= 0.3 is 6.18 Å². The molecule has 0 spiro atoms. The van der Waals surface area contributed by atoms with Gasteiger partial charge in [0.1, 0.15) is 10.6 Å². The number of para-hydroxylation sites is 1. The average Bonchev–Trinajstić information content (AvgIpc) is 2.79. The Labute approximate surface area is 184 Å². The molecule has 31 heavy (non-hydrogen) atoms. The lowest BCUT2D eigenvalue weighted by atomic mass is 9.83.